The normalized spacial score (nSPS) is 10.7. The number of aryl methyl sites for hydroxylation is 2. The Kier molecular flexibility index (Phi) is 8.86. The quantitative estimate of drug-likeness (QED) is 0.320. The largest absolute Gasteiger partial charge is 0.493 e. The summed E-state index contributed by atoms with van der Waals surface area (Å²) in [6.07, 6.45) is 2.01. The maximum atomic E-state index is 12.1. The lowest BCUT2D eigenvalue weighted by Crippen LogP contribution is -2.24. The van der Waals surface area contributed by atoms with E-state index < -0.39 is 11.8 Å². The zero-order valence-corrected chi connectivity index (χ0v) is 19.1. The molecule has 7 nitrogen and oxygen atoms in total. The van der Waals surface area contributed by atoms with Crippen molar-refractivity contribution in [2.75, 3.05) is 19.0 Å². The number of nitrogens with one attached hydrogen (secondary N) is 2. The van der Waals surface area contributed by atoms with Crippen LogP contribution in [0.2, 0.25) is 0 Å². The minimum atomic E-state index is -0.512. The van der Waals surface area contributed by atoms with Crippen molar-refractivity contribution < 1.29 is 19.1 Å². The number of benzene rings is 2. The smallest absolute Gasteiger partial charge is 0.249 e. The number of amides is 2. The molecule has 0 unspecified atom stereocenters. The summed E-state index contributed by atoms with van der Waals surface area (Å²) in [4.78, 5) is 24.1. The molecule has 0 spiro atoms. The van der Waals surface area contributed by atoms with Crippen LogP contribution in [-0.4, -0.2) is 31.7 Å². The Morgan fingerprint density at radius 3 is 2.60 bits per heavy atom. The second-order valence-corrected chi connectivity index (χ2v) is 7.57. The monoisotopic (exact) mass is 475 g/mol. The molecule has 30 heavy (non-hydrogen) atoms. The molecule has 0 fully saturated rings. The van der Waals surface area contributed by atoms with Crippen LogP contribution in [0.3, 0.4) is 0 Å². The van der Waals surface area contributed by atoms with Crippen molar-refractivity contribution in [3.8, 4) is 11.5 Å². The van der Waals surface area contributed by atoms with Gasteiger partial charge in [-0.25, -0.2) is 5.43 Å². The molecule has 2 rings (SSSR count). The number of nitrogens with zero attached hydrogens (tertiary/aromatic N) is 1. The molecule has 8 heteroatoms. The average Bonchev–Trinajstić information content (AvgIpc) is 2.69. The second kappa shape index (κ2) is 11.3. The fourth-order valence-corrected chi connectivity index (χ4v) is 3.25. The van der Waals surface area contributed by atoms with Crippen LogP contribution in [-0.2, 0) is 9.59 Å². The van der Waals surface area contributed by atoms with Crippen molar-refractivity contribution in [3.63, 3.8) is 0 Å². The molecule has 0 radical (unpaired) electrons. The fraction of sp³-hybridized carbons (Fsp3) is 0.318. The summed E-state index contributed by atoms with van der Waals surface area (Å²) in [5.74, 6) is 0.251. The highest BCUT2D eigenvalue weighted by atomic mass is 79.9. The molecule has 0 aliphatic carbocycles. The predicted molar refractivity (Wildman–Crippen MR) is 121 cm³/mol. The maximum absolute atomic E-state index is 12.1. The minimum Gasteiger partial charge on any atom is -0.493 e. The third-order valence-electron chi connectivity index (χ3n) is 4.08. The van der Waals surface area contributed by atoms with Crippen molar-refractivity contribution in [2.24, 2.45) is 5.10 Å². The number of carbonyl (C=O) groups excluding carboxylic acids is 2. The number of ether oxygens (including phenoxy) is 2. The molecule has 2 aromatic rings. The molecular weight excluding hydrogens is 450 g/mol. The van der Waals surface area contributed by atoms with Crippen molar-refractivity contribution in [2.45, 2.75) is 33.6 Å². The molecular formula is C22H26BrN3O4. The van der Waals surface area contributed by atoms with E-state index in [1.165, 1.54) is 6.21 Å². The Bertz CT molecular complexity index is 944. The topological polar surface area (TPSA) is 89.0 Å². The van der Waals surface area contributed by atoms with E-state index in [9.17, 15) is 9.59 Å². The first kappa shape index (κ1) is 23.4. The van der Waals surface area contributed by atoms with Crippen LogP contribution in [0.15, 0.2) is 39.9 Å². The van der Waals surface area contributed by atoms with Crippen LogP contribution in [0, 0.1) is 13.8 Å². The summed E-state index contributed by atoms with van der Waals surface area (Å²) in [6, 6.07) is 9.23. The number of carbonyl (C=O) groups is 2. The third-order valence-corrected chi connectivity index (χ3v) is 4.67. The number of anilines is 1. The van der Waals surface area contributed by atoms with E-state index in [1.54, 1.807) is 19.2 Å². The Balaban J connectivity index is 1.93. The lowest BCUT2D eigenvalue weighted by atomic mass is 10.1. The first-order valence-electron chi connectivity index (χ1n) is 9.53. The van der Waals surface area contributed by atoms with Gasteiger partial charge in [-0.2, -0.15) is 5.10 Å². The summed E-state index contributed by atoms with van der Waals surface area (Å²) in [7, 11) is 1.55. The highest BCUT2D eigenvalue weighted by Gasteiger charge is 2.12. The van der Waals surface area contributed by atoms with Gasteiger partial charge in [0.05, 0.1) is 24.4 Å². The summed E-state index contributed by atoms with van der Waals surface area (Å²) in [6.45, 7) is 6.47. The number of hydrazone groups is 1. The van der Waals surface area contributed by atoms with Gasteiger partial charge in [0.25, 0.3) is 0 Å². The van der Waals surface area contributed by atoms with E-state index in [0.717, 1.165) is 22.0 Å². The minimum absolute atomic E-state index is 0.332. The van der Waals surface area contributed by atoms with Gasteiger partial charge in [-0.1, -0.05) is 24.6 Å². The number of halogens is 1. The van der Waals surface area contributed by atoms with Gasteiger partial charge in [0.1, 0.15) is 6.42 Å². The molecule has 0 bridgehead atoms. The number of methoxy groups -OCH3 is 1. The molecule has 0 atom stereocenters. The van der Waals surface area contributed by atoms with Crippen molar-refractivity contribution in [1.82, 2.24) is 5.43 Å². The van der Waals surface area contributed by atoms with E-state index >= 15 is 0 Å². The molecule has 160 valence electrons. The Labute approximate surface area is 185 Å². The van der Waals surface area contributed by atoms with Crippen LogP contribution in [0.1, 0.15) is 36.5 Å². The Morgan fingerprint density at radius 2 is 1.93 bits per heavy atom. The van der Waals surface area contributed by atoms with Gasteiger partial charge in [0.15, 0.2) is 11.5 Å². The maximum Gasteiger partial charge on any atom is 0.249 e. The molecule has 0 heterocycles. The van der Waals surface area contributed by atoms with E-state index in [1.807, 2.05) is 39.0 Å². The SMILES string of the molecule is CCCOc1c(Br)cc(C=NNC(=O)CC(=O)Nc2ccc(C)cc2C)cc1OC. The van der Waals surface area contributed by atoms with Crippen LogP contribution in [0.4, 0.5) is 5.69 Å². The van der Waals surface area contributed by atoms with Gasteiger partial charge < -0.3 is 14.8 Å². The zero-order valence-electron chi connectivity index (χ0n) is 17.5. The Hall–Kier alpha value is -2.87. The number of rotatable bonds is 9. The van der Waals surface area contributed by atoms with E-state index in [2.05, 4.69) is 31.8 Å². The molecule has 2 N–H and O–H groups in total. The van der Waals surface area contributed by atoms with Crippen LogP contribution >= 0.6 is 15.9 Å². The van der Waals surface area contributed by atoms with E-state index in [4.69, 9.17) is 9.47 Å². The van der Waals surface area contributed by atoms with Gasteiger partial charge in [-0.05, 0) is 65.5 Å². The van der Waals surface area contributed by atoms with Crippen LogP contribution in [0.25, 0.3) is 0 Å². The summed E-state index contributed by atoms with van der Waals surface area (Å²) in [5.41, 5.74) is 5.78. The number of hydrogen-bond acceptors (Lipinski definition) is 5. The molecule has 2 amide bonds. The van der Waals surface area contributed by atoms with Crippen molar-refractivity contribution >= 4 is 39.6 Å². The zero-order chi connectivity index (χ0) is 22.1. The highest BCUT2D eigenvalue weighted by Crippen LogP contribution is 2.36. The summed E-state index contributed by atoms with van der Waals surface area (Å²) in [5, 5.41) is 6.65. The van der Waals surface area contributed by atoms with Gasteiger partial charge in [-0.3, -0.25) is 9.59 Å². The van der Waals surface area contributed by atoms with Gasteiger partial charge in [-0.15, -0.1) is 0 Å². The van der Waals surface area contributed by atoms with E-state index in [0.29, 0.717) is 29.4 Å². The summed E-state index contributed by atoms with van der Waals surface area (Å²) >= 11 is 3.46. The molecule has 0 aromatic heterocycles. The Morgan fingerprint density at radius 1 is 1.17 bits per heavy atom. The van der Waals surface area contributed by atoms with Crippen molar-refractivity contribution in [1.29, 1.82) is 0 Å². The second-order valence-electron chi connectivity index (χ2n) is 6.72. The molecule has 0 aliphatic rings. The van der Waals surface area contributed by atoms with Crippen molar-refractivity contribution in [3.05, 3.63) is 51.5 Å². The lowest BCUT2D eigenvalue weighted by molar-refractivity contribution is -0.126. The lowest BCUT2D eigenvalue weighted by Gasteiger charge is -2.12. The standard InChI is InChI=1S/C22H26BrN3O4/c1-5-8-30-22-17(23)10-16(11-19(22)29-4)13-24-26-21(28)12-20(27)25-18-7-6-14(2)9-15(18)3/h6-7,9-11,13H,5,8,12H2,1-4H3,(H,25,27)(H,26,28). The highest BCUT2D eigenvalue weighted by molar-refractivity contribution is 9.10. The fourth-order valence-electron chi connectivity index (χ4n) is 2.67. The van der Waals surface area contributed by atoms with Gasteiger partial charge in [0.2, 0.25) is 11.8 Å². The number of hydrogen-bond donors (Lipinski definition) is 2. The molecule has 0 aliphatic heterocycles. The third kappa shape index (κ3) is 6.88. The predicted octanol–water partition coefficient (Wildman–Crippen LogP) is 4.34. The molecule has 0 saturated carbocycles. The average molecular weight is 476 g/mol. The van der Waals surface area contributed by atoms with E-state index in [-0.39, 0.29) is 6.42 Å². The van der Waals surface area contributed by atoms with Crippen LogP contribution in [0.5, 0.6) is 11.5 Å². The molecule has 0 saturated heterocycles. The first-order chi connectivity index (χ1) is 14.3. The van der Waals surface area contributed by atoms with Gasteiger partial charge in [0, 0.05) is 5.69 Å². The first-order valence-corrected chi connectivity index (χ1v) is 10.3. The summed E-state index contributed by atoms with van der Waals surface area (Å²) < 4.78 is 11.8. The molecule has 2 aromatic carbocycles. The van der Waals surface area contributed by atoms with Gasteiger partial charge >= 0.3 is 0 Å². The van der Waals surface area contributed by atoms with Crippen LogP contribution < -0.4 is 20.2 Å².